The van der Waals surface area contributed by atoms with Crippen LogP contribution in [0.1, 0.15) is 50.5 Å². The Hall–Kier alpha value is -0.0200. The van der Waals surface area contributed by atoms with E-state index in [2.05, 4.69) is 56.2 Å². The number of anilines is 1. The topological polar surface area (TPSA) is 12.0 Å². The van der Waals surface area contributed by atoms with Crippen LogP contribution in [0.15, 0.2) is 21.1 Å². The van der Waals surface area contributed by atoms with Gasteiger partial charge in [-0.2, -0.15) is 0 Å². The van der Waals surface area contributed by atoms with Gasteiger partial charge < -0.3 is 5.32 Å². The summed E-state index contributed by atoms with van der Waals surface area (Å²) in [5, 5.41) is 3.78. The van der Waals surface area contributed by atoms with Gasteiger partial charge in [-0.15, -0.1) is 0 Å². The molecule has 3 unspecified atom stereocenters. The van der Waals surface area contributed by atoms with Crippen molar-refractivity contribution in [3.63, 3.8) is 0 Å². The summed E-state index contributed by atoms with van der Waals surface area (Å²) in [6.45, 7) is 2.13. The first-order valence-corrected chi connectivity index (χ1v) is 9.44. The molecule has 3 heteroatoms. The van der Waals surface area contributed by atoms with E-state index in [9.17, 15) is 0 Å². The van der Waals surface area contributed by atoms with Gasteiger partial charge in [-0.1, -0.05) is 25.7 Å². The summed E-state index contributed by atoms with van der Waals surface area (Å²) >= 11 is 7.40. The molecule has 0 bridgehead atoms. The lowest BCUT2D eigenvalue weighted by molar-refractivity contribution is 0.162. The van der Waals surface area contributed by atoms with Crippen molar-refractivity contribution >= 4 is 37.5 Å². The second kappa shape index (κ2) is 6.39. The minimum Gasteiger partial charge on any atom is -0.380 e. The minimum absolute atomic E-state index is 0.643. The second-order valence-electron chi connectivity index (χ2n) is 6.56. The quantitative estimate of drug-likeness (QED) is 0.614. The molecule has 0 aliphatic heterocycles. The number of benzene rings is 1. The Labute approximate surface area is 139 Å². The summed E-state index contributed by atoms with van der Waals surface area (Å²) in [6, 6.07) is 5.03. The average Bonchev–Trinajstić information content (AvgIpc) is 2.42. The van der Waals surface area contributed by atoms with Crippen molar-refractivity contribution in [3.8, 4) is 0 Å². The number of halogens is 2. The molecule has 0 spiro atoms. The van der Waals surface area contributed by atoms with Gasteiger partial charge >= 0.3 is 0 Å². The first-order chi connectivity index (χ1) is 9.63. The Morgan fingerprint density at radius 1 is 0.950 bits per heavy atom. The summed E-state index contributed by atoms with van der Waals surface area (Å²) in [5.74, 6) is 1.99. The van der Waals surface area contributed by atoms with Gasteiger partial charge in [0.15, 0.2) is 0 Å². The zero-order valence-corrected chi connectivity index (χ0v) is 15.3. The first-order valence-electron chi connectivity index (χ1n) is 7.85. The van der Waals surface area contributed by atoms with Crippen molar-refractivity contribution in [2.45, 2.75) is 57.9 Å². The monoisotopic (exact) mass is 399 g/mol. The summed E-state index contributed by atoms with van der Waals surface area (Å²) in [5.41, 5.74) is 2.51. The van der Waals surface area contributed by atoms with Gasteiger partial charge in [0.05, 0.1) is 5.69 Å². The zero-order valence-electron chi connectivity index (χ0n) is 12.1. The number of aryl methyl sites for hydroxylation is 1. The van der Waals surface area contributed by atoms with Crippen LogP contribution in [-0.4, -0.2) is 6.04 Å². The maximum atomic E-state index is 3.78. The lowest BCUT2D eigenvalue weighted by Gasteiger charge is -2.40. The van der Waals surface area contributed by atoms with E-state index < -0.39 is 0 Å². The standard InChI is InChI=1S/C17H23Br2N/c1-11-8-15(18)17(16(19)9-11)20-14-7-6-12-4-2-3-5-13(12)10-14/h8-9,12-14,20H,2-7,10H2,1H3. The SMILES string of the molecule is Cc1cc(Br)c(NC2CCC3CCCCC3C2)c(Br)c1. The molecular formula is C17H23Br2N. The summed E-state index contributed by atoms with van der Waals surface area (Å²) < 4.78 is 2.35. The van der Waals surface area contributed by atoms with E-state index in [-0.39, 0.29) is 0 Å². The highest BCUT2D eigenvalue weighted by molar-refractivity contribution is 9.11. The van der Waals surface area contributed by atoms with Gasteiger partial charge in [0, 0.05) is 15.0 Å². The molecule has 0 radical (unpaired) electrons. The Kier molecular flexibility index (Phi) is 4.76. The Morgan fingerprint density at radius 3 is 2.30 bits per heavy atom. The third-order valence-corrected chi connectivity index (χ3v) is 6.33. The van der Waals surface area contributed by atoms with Gasteiger partial charge in [-0.3, -0.25) is 0 Å². The van der Waals surface area contributed by atoms with Gasteiger partial charge in [0.1, 0.15) is 0 Å². The summed E-state index contributed by atoms with van der Waals surface area (Å²) in [4.78, 5) is 0. The van der Waals surface area contributed by atoms with E-state index in [0.29, 0.717) is 6.04 Å². The molecule has 1 N–H and O–H groups in total. The van der Waals surface area contributed by atoms with Crippen molar-refractivity contribution in [3.05, 3.63) is 26.6 Å². The molecular weight excluding hydrogens is 378 g/mol. The van der Waals surface area contributed by atoms with Crippen molar-refractivity contribution < 1.29 is 0 Å². The van der Waals surface area contributed by atoms with Crippen LogP contribution in [0.4, 0.5) is 5.69 Å². The Morgan fingerprint density at radius 2 is 1.60 bits per heavy atom. The van der Waals surface area contributed by atoms with Crippen LogP contribution in [0, 0.1) is 18.8 Å². The molecule has 0 saturated heterocycles. The molecule has 3 atom stereocenters. The van der Waals surface area contributed by atoms with E-state index in [1.165, 1.54) is 65.1 Å². The zero-order chi connectivity index (χ0) is 14.1. The van der Waals surface area contributed by atoms with Crippen LogP contribution in [0.5, 0.6) is 0 Å². The first kappa shape index (κ1) is 14.9. The molecule has 1 nitrogen and oxygen atoms in total. The van der Waals surface area contributed by atoms with Crippen molar-refractivity contribution in [1.29, 1.82) is 0 Å². The van der Waals surface area contributed by atoms with Gasteiger partial charge in [-0.05, 0) is 87.6 Å². The third kappa shape index (κ3) is 3.24. The second-order valence-corrected chi connectivity index (χ2v) is 8.27. The summed E-state index contributed by atoms with van der Waals surface area (Å²) in [6.07, 6.45) is 9.96. The molecule has 3 rings (SSSR count). The molecule has 2 fully saturated rings. The molecule has 20 heavy (non-hydrogen) atoms. The van der Waals surface area contributed by atoms with Gasteiger partial charge in [0.2, 0.25) is 0 Å². The van der Waals surface area contributed by atoms with Crippen LogP contribution in [0.25, 0.3) is 0 Å². The lowest BCUT2D eigenvalue weighted by Crippen LogP contribution is -2.34. The molecule has 1 aromatic rings. The minimum atomic E-state index is 0.643. The third-order valence-electron chi connectivity index (χ3n) is 5.07. The number of nitrogens with one attached hydrogen (secondary N) is 1. The van der Waals surface area contributed by atoms with Gasteiger partial charge in [-0.25, -0.2) is 0 Å². The molecule has 2 saturated carbocycles. The molecule has 2 aliphatic rings. The van der Waals surface area contributed by atoms with Crippen LogP contribution in [0.3, 0.4) is 0 Å². The highest BCUT2D eigenvalue weighted by atomic mass is 79.9. The Bertz CT molecular complexity index is 463. The fourth-order valence-electron chi connectivity index (χ4n) is 4.05. The maximum Gasteiger partial charge on any atom is 0.0631 e. The molecule has 0 aromatic heterocycles. The molecule has 0 amide bonds. The van der Waals surface area contributed by atoms with Gasteiger partial charge in [0.25, 0.3) is 0 Å². The number of hydrogen-bond donors (Lipinski definition) is 1. The van der Waals surface area contributed by atoms with Crippen molar-refractivity contribution in [2.24, 2.45) is 11.8 Å². The molecule has 1 aromatic carbocycles. The Balaban J connectivity index is 1.69. The fourth-order valence-corrected chi connectivity index (χ4v) is 5.69. The van der Waals surface area contributed by atoms with E-state index in [4.69, 9.17) is 0 Å². The molecule has 0 heterocycles. The highest BCUT2D eigenvalue weighted by Crippen LogP contribution is 2.42. The van der Waals surface area contributed by atoms with Crippen molar-refractivity contribution in [2.75, 3.05) is 5.32 Å². The largest absolute Gasteiger partial charge is 0.380 e. The van der Waals surface area contributed by atoms with E-state index >= 15 is 0 Å². The summed E-state index contributed by atoms with van der Waals surface area (Å²) in [7, 11) is 0. The van der Waals surface area contributed by atoms with Crippen LogP contribution >= 0.6 is 31.9 Å². The van der Waals surface area contributed by atoms with E-state index in [0.717, 1.165) is 11.8 Å². The highest BCUT2D eigenvalue weighted by Gasteiger charge is 2.32. The predicted octanol–water partition coefficient (Wildman–Crippen LogP) is 6.29. The average molecular weight is 401 g/mol. The predicted molar refractivity (Wildman–Crippen MR) is 93.3 cm³/mol. The van der Waals surface area contributed by atoms with E-state index in [1.54, 1.807) is 0 Å². The fraction of sp³-hybridized carbons (Fsp3) is 0.647. The number of rotatable bonds is 2. The number of hydrogen-bond acceptors (Lipinski definition) is 1. The maximum absolute atomic E-state index is 3.78. The van der Waals surface area contributed by atoms with Crippen LogP contribution in [0.2, 0.25) is 0 Å². The van der Waals surface area contributed by atoms with Crippen molar-refractivity contribution in [1.82, 2.24) is 0 Å². The van der Waals surface area contributed by atoms with Crippen LogP contribution < -0.4 is 5.32 Å². The normalized spacial score (nSPS) is 29.9. The smallest absolute Gasteiger partial charge is 0.0631 e. The number of fused-ring (bicyclic) bond motifs is 1. The molecule has 2 aliphatic carbocycles. The van der Waals surface area contributed by atoms with Crippen LogP contribution in [-0.2, 0) is 0 Å². The molecule has 110 valence electrons. The van der Waals surface area contributed by atoms with E-state index in [1.807, 2.05) is 0 Å². The lowest BCUT2D eigenvalue weighted by atomic mass is 9.69.